The number of nitrogens with zero attached hydrogens (tertiary/aromatic N) is 1. The molecule has 0 fully saturated rings. The van der Waals surface area contributed by atoms with Crippen molar-refractivity contribution >= 4 is 21.6 Å². The number of nitrogens with one attached hydrogen (secondary N) is 1. The lowest BCUT2D eigenvalue weighted by Gasteiger charge is -2.29. The summed E-state index contributed by atoms with van der Waals surface area (Å²) in [4.78, 5) is 12.7. The van der Waals surface area contributed by atoms with E-state index in [0.29, 0.717) is 17.9 Å². The number of carbonyl (C=O) groups is 1. The molecule has 0 aromatic heterocycles. The third kappa shape index (κ3) is 6.39. The molecule has 0 saturated heterocycles. The van der Waals surface area contributed by atoms with Crippen LogP contribution in [-0.2, 0) is 21.2 Å². The Morgan fingerprint density at radius 2 is 1.72 bits per heavy atom. The minimum Gasteiger partial charge on any atom is -0.497 e. The summed E-state index contributed by atoms with van der Waals surface area (Å²) in [5.74, 6) is 0.410. The molecule has 158 valence electrons. The fourth-order valence-electron chi connectivity index (χ4n) is 3.07. The Balaban J connectivity index is 2.22. The van der Waals surface area contributed by atoms with Crippen LogP contribution >= 0.6 is 0 Å². The number of anilines is 1. The SMILES string of the molecule is COc1ccc(N(CC(=O)NC(C)(C)Cc2ccccc2)S(C)(=O)=O)c(OC)c1. The van der Waals surface area contributed by atoms with Crippen molar-refractivity contribution in [2.24, 2.45) is 0 Å². The molecule has 2 aromatic carbocycles. The zero-order valence-electron chi connectivity index (χ0n) is 17.4. The van der Waals surface area contributed by atoms with Gasteiger partial charge >= 0.3 is 0 Å². The van der Waals surface area contributed by atoms with Crippen molar-refractivity contribution in [2.75, 3.05) is 31.3 Å². The predicted octanol–water partition coefficient (Wildman–Crippen LogP) is 2.61. The molecule has 0 spiro atoms. The molecule has 0 saturated carbocycles. The van der Waals surface area contributed by atoms with E-state index < -0.39 is 21.5 Å². The van der Waals surface area contributed by atoms with Crippen LogP contribution in [-0.4, -0.2) is 46.9 Å². The molecular weight excluding hydrogens is 392 g/mol. The van der Waals surface area contributed by atoms with Gasteiger partial charge in [-0.15, -0.1) is 0 Å². The molecule has 0 bridgehead atoms. The molecule has 0 aliphatic rings. The third-order valence-electron chi connectivity index (χ3n) is 4.31. The number of rotatable bonds is 9. The summed E-state index contributed by atoms with van der Waals surface area (Å²) in [6.45, 7) is 3.44. The highest BCUT2D eigenvalue weighted by molar-refractivity contribution is 7.92. The van der Waals surface area contributed by atoms with Crippen molar-refractivity contribution in [3.05, 3.63) is 54.1 Å². The number of hydrogen-bond acceptors (Lipinski definition) is 5. The fraction of sp³-hybridized carbons (Fsp3) is 0.381. The first-order valence-corrected chi connectivity index (χ1v) is 11.0. The van der Waals surface area contributed by atoms with Gasteiger partial charge in [-0.25, -0.2) is 8.42 Å². The largest absolute Gasteiger partial charge is 0.497 e. The summed E-state index contributed by atoms with van der Waals surface area (Å²) in [5, 5.41) is 2.93. The summed E-state index contributed by atoms with van der Waals surface area (Å²) in [5.41, 5.74) is 0.799. The number of carbonyl (C=O) groups excluding carboxylic acids is 1. The van der Waals surface area contributed by atoms with Gasteiger partial charge in [0.2, 0.25) is 15.9 Å². The van der Waals surface area contributed by atoms with Gasteiger partial charge in [-0.05, 0) is 38.0 Å². The molecule has 0 aliphatic heterocycles. The van der Waals surface area contributed by atoms with Gasteiger partial charge in [0, 0.05) is 11.6 Å². The lowest BCUT2D eigenvalue weighted by molar-refractivity contribution is -0.121. The summed E-state index contributed by atoms with van der Waals surface area (Å²) in [6, 6.07) is 14.5. The average molecular weight is 421 g/mol. The van der Waals surface area contributed by atoms with Crippen LogP contribution in [0.5, 0.6) is 11.5 Å². The van der Waals surface area contributed by atoms with Gasteiger partial charge in [0.1, 0.15) is 18.0 Å². The highest BCUT2D eigenvalue weighted by atomic mass is 32.2. The molecule has 1 amide bonds. The van der Waals surface area contributed by atoms with E-state index in [1.165, 1.54) is 14.2 Å². The molecule has 0 unspecified atom stereocenters. The van der Waals surface area contributed by atoms with Crippen LogP contribution in [0.3, 0.4) is 0 Å². The molecule has 2 aromatic rings. The number of methoxy groups -OCH3 is 2. The van der Waals surface area contributed by atoms with Gasteiger partial charge < -0.3 is 14.8 Å². The molecule has 0 radical (unpaired) electrons. The van der Waals surface area contributed by atoms with E-state index in [-0.39, 0.29) is 12.2 Å². The van der Waals surface area contributed by atoms with Crippen LogP contribution in [0.25, 0.3) is 0 Å². The van der Waals surface area contributed by atoms with Crippen molar-refractivity contribution in [1.29, 1.82) is 0 Å². The van der Waals surface area contributed by atoms with Gasteiger partial charge in [0.05, 0.1) is 26.2 Å². The van der Waals surface area contributed by atoms with Gasteiger partial charge in [-0.1, -0.05) is 30.3 Å². The monoisotopic (exact) mass is 420 g/mol. The summed E-state index contributed by atoms with van der Waals surface area (Å²) < 4.78 is 36.3. The molecule has 2 rings (SSSR count). The molecular formula is C21H28N2O5S. The molecule has 0 heterocycles. The Kier molecular flexibility index (Phi) is 7.13. The Labute approximate surface area is 172 Å². The number of sulfonamides is 1. The first-order chi connectivity index (χ1) is 13.6. The quantitative estimate of drug-likeness (QED) is 0.674. The Bertz CT molecular complexity index is 943. The maximum Gasteiger partial charge on any atom is 0.241 e. The topological polar surface area (TPSA) is 84.9 Å². The summed E-state index contributed by atoms with van der Waals surface area (Å²) in [7, 11) is -0.791. The van der Waals surface area contributed by atoms with Crippen LogP contribution in [0.15, 0.2) is 48.5 Å². The molecule has 29 heavy (non-hydrogen) atoms. The number of hydrogen-bond donors (Lipinski definition) is 1. The number of benzene rings is 2. The molecule has 0 aliphatic carbocycles. The average Bonchev–Trinajstić information content (AvgIpc) is 2.64. The van der Waals surface area contributed by atoms with E-state index >= 15 is 0 Å². The van der Waals surface area contributed by atoms with Gasteiger partial charge in [0.25, 0.3) is 0 Å². The normalized spacial score (nSPS) is 11.6. The standard InChI is InChI=1S/C21H28N2O5S/c1-21(2,14-16-9-7-6-8-10-16)22-20(24)15-23(29(5,25)26)18-12-11-17(27-3)13-19(18)28-4/h6-13H,14-15H2,1-5H3,(H,22,24). The van der Waals surface area contributed by atoms with Gasteiger partial charge in [-0.3, -0.25) is 9.10 Å². The van der Waals surface area contributed by atoms with Crippen LogP contribution in [0, 0.1) is 0 Å². The Morgan fingerprint density at radius 3 is 2.28 bits per heavy atom. The van der Waals surface area contributed by atoms with E-state index in [1.54, 1.807) is 18.2 Å². The Morgan fingerprint density at radius 1 is 1.07 bits per heavy atom. The van der Waals surface area contributed by atoms with E-state index in [4.69, 9.17) is 9.47 Å². The lowest BCUT2D eigenvalue weighted by atomic mass is 9.95. The van der Waals surface area contributed by atoms with Crippen molar-refractivity contribution in [3.63, 3.8) is 0 Å². The van der Waals surface area contributed by atoms with Crippen LogP contribution in [0.4, 0.5) is 5.69 Å². The summed E-state index contributed by atoms with van der Waals surface area (Å²) >= 11 is 0. The zero-order chi connectivity index (χ0) is 21.7. The fourth-order valence-corrected chi connectivity index (χ4v) is 3.93. The van der Waals surface area contributed by atoms with Crippen LogP contribution < -0.4 is 19.1 Å². The maximum atomic E-state index is 12.7. The maximum absolute atomic E-state index is 12.7. The van der Waals surface area contributed by atoms with E-state index in [2.05, 4.69) is 5.32 Å². The molecule has 8 heteroatoms. The molecule has 7 nitrogen and oxygen atoms in total. The van der Waals surface area contributed by atoms with Crippen molar-refractivity contribution in [3.8, 4) is 11.5 Å². The van der Waals surface area contributed by atoms with E-state index in [0.717, 1.165) is 16.1 Å². The second-order valence-electron chi connectivity index (χ2n) is 7.40. The van der Waals surface area contributed by atoms with Crippen LogP contribution in [0.1, 0.15) is 19.4 Å². The van der Waals surface area contributed by atoms with Crippen molar-refractivity contribution < 1.29 is 22.7 Å². The zero-order valence-corrected chi connectivity index (χ0v) is 18.2. The first kappa shape index (κ1) is 22.5. The smallest absolute Gasteiger partial charge is 0.241 e. The minimum absolute atomic E-state index is 0.270. The van der Waals surface area contributed by atoms with E-state index in [1.807, 2.05) is 44.2 Å². The predicted molar refractivity (Wildman–Crippen MR) is 114 cm³/mol. The number of amides is 1. The summed E-state index contributed by atoms with van der Waals surface area (Å²) in [6.07, 6.45) is 1.67. The number of ether oxygens (including phenoxy) is 2. The first-order valence-electron chi connectivity index (χ1n) is 9.10. The second kappa shape index (κ2) is 9.17. The Hall–Kier alpha value is -2.74. The molecule has 1 N–H and O–H groups in total. The van der Waals surface area contributed by atoms with Gasteiger partial charge in [-0.2, -0.15) is 0 Å². The third-order valence-corrected chi connectivity index (χ3v) is 5.44. The minimum atomic E-state index is -3.73. The van der Waals surface area contributed by atoms with E-state index in [9.17, 15) is 13.2 Å². The lowest BCUT2D eigenvalue weighted by Crippen LogP contribution is -2.50. The van der Waals surface area contributed by atoms with Crippen molar-refractivity contribution in [2.45, 2.75) is 25.8 Å². The molecule has 0 atom stereocenters. The van der Waals surface area contributed by atoms with Crippen molar-refractivity contribution in [1.82, 2.24) is 5.32 Å². The van der Waals surface area contributed by atoms with Crippen LogP contribution in [0.2, 0.25) is 0 Å². The highest BCUT2D eigenvalue weighted by Gasteiger charge is 2.27. The highest BCUT2D eigenvalue weighted by Crippen LogP contribution is 2.33. The second-order valence-corrected chi connectivity index (χ2v) is 9.31. The van der Waals surface area contributed by atoms with Gasteiger partial charge in [0.15, 0.2) is 0 Å².